The molecule has 0 aliphatic carbocycles. The second kappa shape index (κ2) is 12.9. The third-order valence-corrected chi connectivity index (χ3v) is 3.86. The molecule has 1 N–H and O–H groups in total. The molecule has 0 heterocycles. The first-order chi connectivity index (χ1) is 9.18. The molecule has 0 aromatic heterocycles. The normalized spacial score (nSPS) is 12.0. The quantitative estimate of drug-likeness (QED) is 0.244. The van der Waals surface area contributed by atoms with Crippen molar-refractivity contribution in [1.82, 2.24) is 0 Å². The lowest BCUT2D eigenvalue weighted by Gasteiger charge is -2.26. The Hall–Kier alpha value is -0.120. The molecule has 3 nitrogen and oxygen atoms in total. The molecule has 116 valence electrons. The molecule has 0 aliphatic heterocycles. The highest BCUT2D eigenvalue weighted by Gasteiger charge is 2.25. The highest BCUT2D eigenvalue weighted by atomic mass is 17.5. The smallest absolute Gasteiger partial charge is 0.104 e. The Morgan fingerprint density at radius 2 is 1.16 bits per heavy atom. The summed E-state index contributed by atoms with van der Waals surface area (Å²) in [5.74, 6) is 0. The van der Waals surface area contributed by atoms with Crippen molar-refractivity contribution in [3.05, 3.63) is 0 Å². The van der Waals surface area contributed by atoms with Gasteiger partial charge in [-0.05, 0) is 19.8 Å². The van der Waals surface area contributed by atoms with Crippen molar-refractivity contribution in [2.45, 2.75) is 103 Å². The maximum atomic E-state index is 8.56. The number of rotatable bonds is 14. The van der Waals surface area contributed by atoms with Gasteiger partial charge in [-0.3, -0.25) is 0 Å². The molecule has 0 spiro atoms. The summed E-state index contributed by atoms with van der Waals surface area (Å²) in [6.45, 7) is 6.50. The van der Waals surface area contributed by atoms with Crippen molar-refractivity contribution in [2.75, 3.05) is 0 Å². The summed E-state index contributed by atoms with van der Waals surface area (Å²) in [5.41, 5.74) is -0.326. The summed E-state index contributed by atoms with van der Waals surface area (Å²) in [7, 11) is 0. The van der Waals surface area contributed by atoms with E-state index in [-0.39, 0.29) is 5.60 Å². The maximum absolute atomic E-state index is 8.56. The third kappa shape index (κ3) is 11.4. The summed E-state index contributed by atoms with van der Waals surface area (Å²) in [5, 5.41) is 12.5. The van der Waals surface area contributed by atoms with Gasteiger partial charge in [0.2, 0.25) is 0 Å². The molecule has 0 aliphatic rings. The summed E-state index contributed by atoms with van der Waals surface area (Å²) < 4.78 is 0. The molecule has 0 saturated carbocycles. The minimum absolute atomic E-state index is 0.326. The van der Waals surface area contributed by atoms with Crippen molar-refractivity contribution < 1.29 is 15.2 Å². The minimum atomic E-state index is -0.326. The standard InChI is InChI=1S/C16H34O3/c1-4-6-8-10-12-14-16(3,18-19-17)15-13-11-9-7-5-2/h17H,4-15H2,1-3H3. The van der Waals surface area contributed by atoms with E-state index in [1.807, 2.05) is 6.92 Å². The second-order valence-electron chi connectivity index (χ2n) is 5.94. The van der Waals surface area contributed by atoms with Crippen LogP contribution in [0.1, 0.15) is 97.8 Å². The van der Waals surface area contributed by atoms with Gasteiger partial charge in [0.1, 0.15) is 5.60 Å². The minimum Gasteiger partial charge on any atom is -0.221 e. The summed E-state index contributed by atoms with van der Waals surface area (Å²) in [6, 6.07) is 0. The third-order valence-electron chi connectivity index (χ3n) is 3.86. The van der Waals surface area contributed by atoms with Gasteiger partial charge in [0.05, 0.1) is 0 Å². The zero-order valence-electron chi connectivity index (χ0n) is 13.2. The molecule has 0 aromatic rings. The monoisotopic (exact) mass is 274 g/mol. The van der Waals surface area contributed by atoms with Crippen LogP contribution in [0.3, 0.4) is 0 Å². The van der Waals surface area contributed by atoms with E-state index < -0.39 is 0 Å². The van der Waals surface area contributed by atoms with Crippen LogP contribution in [0.5, 0.6) is 0 Å². The van der Waals surface area contributed by atoms with Crippen molar-refractivity contribution in [2.24, 2.45) is 0 Å². The Labute approximate surface area is 119 Å². The zero-order chi connectivity index (χ0) is 14.4. The van der Waals surface area contributed by atoms with Crippen molar-refractivity contribution in [3.8, 4) is 0 Å². The van der Waals surface area contributed by atoms with Crippen LogP contribution in [-0.2, 0) is 9.93 Å². The Morgan fingerprint density at radius 1 is 0.737 bits per heavy atom. The molecule has 0 rings (SSSR count). The highest BCUT2D eigenvalue weighted by Crippen LogP contribution is 2.26. The largest absolute Gasteiger partial charge is 0.221 e. The van der Waals surface area contributed by atoms with E-state index in [9.17, 15) is 0 Å². The Morgan fingerprint density at radius 3 is 1.53 bits per heavy atom. The predicted octanol–water partition coefficient (Wildman–Crippen LogP) is 5.89. The number of unbranched alkanes of at least 4 members (excludes halogenated alkanes) is 8. The molecular formula is C16H34O3. The molecule has 0 radical (unpaired) electrons. The first-order valence-corrected chi connectivity index (χ1v) is 8.17. The Balaban J connectivity index is 3.76. The predicted molar refractivity (Wildman–Crippen MR) is 80.0 cm³/mol. The van der Waals surface area contributed by atoms with Gasteiger partial charge in [-0.1, -0.05) is 83.1 Å². The van der Waals surface area contributed by atoms with E-state index >= 15 is 0 Å². The molecule has 19 heavy (non-hydrogen) atoms. The van der Waals surface area contributed by atoms with Crippen LogP contribution in [0.2, 0.25) is 0 Å². The molecule has 0 unspecified atom stereocenters. The molecule has 0 atom stereocenters. The van der Waals surface area contributed by atoms with Crippen molar-refractivity contribution in [1.29, 1.82) is 0 Å². The summed E-state index contributed by atoms with van der Waals surface area (Å²) >= 11 is 0. The van der Waals surface area contributed by atoms with Gasteiger partial charge in [0, 0.05) is 0 Å². The molecule has 0 bridgehead atoms. The SMILES string of the molecule is CCCCCCCC(C)(CCCCCCC)OOO. The lowest BCUT2D eigenvalue weighted by molar-refractivity contribution is -0.525. The van der Waals surface area contributed by atoms with Crippen LogP contribution in [0.15, 0.2) is 0 Å². The van der Waals surface area contributed by atoms with E-state index in [0.717, 1.165) is 25.7 Å². The average molecular weight is 274 g/mol. The van der Waals surface area contributed by atoms with Crippen molar-refractivity contribution in [3.63, 3.8) is 0 Å². The van der Waals surface area contributed by atoms with Gasteiger partial charge in [-0.25, -0.2) is 10.1 Å². The second-order valence-corrected chi connectivity index (χ2v) is 5.94. The van der Waals surface area contributed by atoms with Crippen LogP contribution in [-0.4, -0.2) is 10.9 Å². The van der Waals surface area contributed by atoms with Gasteiger partial charge < -0.3 is 0 Å². The van der Waals surface area contributed by atoms with Gasteiger partial charge in [-0.2, -0.15) is 0 Å². The van der Waals surface area contributed by atoms with E-state index in [1.54, 1.807) is 0 Å². The molecule has 0 saturated heterocycles. The lowest BCUT2D eigenvalue weighted by atomic mass is 9.91. The van der Waals surface area contributed by atoms with Gasteiger partial charge in [-0.15, -0.1) is 0 Å². The molecular weight excluding hydrogens is 240 g/mol. The Bertz CT molecular complexity index is 169. The zero-order valence-corrected chi connectivity index (χ0v) is 13.2. The van der Waals surface area contributed by atoms with Crippen LogP contribution in [0.4, 0.5) is 0 Å². The molecule has 3 heteroatoms. The number of hydrogen-bond donors (Lipinski definition) is 1. The molecule has 0 aromatic carbocycles. The van der Waals surface area contributed by atoms with Gasteiger partial charge in [0.15, 0.2) is 0 Å². The fourth-order valence-electron chi connectivity index (χ4n) is 2.50. The van der Waals surface area contributed by atoms with Gasteiger partial charge in [0.25, 0.3) is 0 Å². The first-order valence-electron chi connectivity index (χ1n) is 8.17. The van der Waals surface area contributed by atoms with Crippen LogP contribution in [0.25, 0.3) is 0 Å². The average Bonchev–Trinajstić information content (AvgIpc) is 2.39. The van der Waals surface area contributed by atoms with Crippen LogP contribution < -0.4 is 0 Å². The van der Waals surface area contributed by atoms with E-state index in [0.29, 0.717) is 0 Å². The maximum Gasteiger partial charge on any atom is 0.104 e. The van der Waals surface area contributed by atoms with Crippen LogP contribution in [0, 0.1) is 0 Å². The number of hydrogen-bond acceptors (Lipinski definition) is 3. The van der Waals surface area contributed by atoms with Crippen LogP contribution >= 0.6 is 0 Å². The van der Waals surface area contributed by atoms with Crippen molar-refractivity contribution >= 4 is 0 Å². The Kier molecular flexibility index (Phi) is 12.8. The van der Waals surface area contributed by atoms with E-state index in [4.69, 9.17) is 10.1 Å². The summed E-state index contributed by atoms with van der Waals surface area (Å²) in [6.07, 6.45) is 14.5. The fourth-order valence-corrected chi connectivity index (χ4v) is 2.50. The summed E-state index contributed by atoms with van der Waals surface area (Å²) in [4.78, 5) is 5.10. The molecule has 0 amide bonds. The van der Waals surface area contributed by atoms with E-state index in [1.165, 1.54) is 51.4 Å². The topological polar surface area (TPSA) is 38.7 Å². The fraction of sp³-hybridized carbons (Fsp3) is 1.00. The highest BCUT2D eigenvalue weighted by molar-refractivity contribution is 4.73. The molecule has 0 fully saturated rings. The lowest BCUT2D eigenvalue weighted by Crippen LogP contribution is -2.28. The van der Waals surface area contributed by atoms with E-state index in [2.05, 4.69) is 18.9 Å². The van der Waals surface area contributed by atoms with Gasteiger partial charge >= 0.3 is 0 Å². The first kappa shape index (κ1) is 18.9.